The van der Waals surface area contributed by atoms with Crippen molar-refractivity contribution in [3.8, 4) is 0 Å². The number of carbonyl (C=O) groups is 2. The summed E-state index contributed by atoms with van der Waals surface area (Å²) in [6.45, 7) is 6.31. The lowest BCUT2D eigenvalue weighted by Crippen LogP contribution is -2.46. The van der Waals surface area contributed by atoms with Gasteiger partial charge in [-0.25, -0.2) is 0 Å². The van der Waals surface area contributed by atoms with Gasteiger partial charge in [0.05, 0.1) is 25.2 Å². The SMILES string of the molecule is CC/C=C/C/C=C/C/C=C/C/C=C/C/C=C/CCC(=O)OC(CCCCC/C=C/C=C/CCCCCCCCC)CC(=O)NC(CO)C(O)CCCCCCCCCCC. The second-order valence-corrected chi connectivity index (χ2v) is 16.5. The second-order valence-electron chi connectivity index (χ2n) is 16.5. The van der Waals surface area contributed by atoms with Gasteiger partial charge in [-0.2, -0.15) is 0 Å². The standard InChI is InChI=1S/C54H93NO5/c1-4-7-10-13-16-19-21-23-25-27-29-31-34-36-39-42-45-50(48-53(58)55-51(49-56)52(57)46-43-40-37-33-18-15-12-9-6-3)60-54(59)47-44-41-38-35-32-30-28-26-24-22-20-17-14-11-8-5-2/h8,11,17,20,24-27,29-32,38,41,50-52,56-57H,4-7,9-10,12-16,18-19,21-23,28,33-37,39-40,42-49H2,1-3H3,(H,55,58)/b11-8+,20-17+,26-24+,27-25+,31-29+,32-30+,41-38+. The molecule has 344 valence electrons. The average molecular weight is 836 g/mol. The zero-order valence-corrected chi connectivity index (χ0v) is 39.1. The van der Waals surface area contributed by atoms with Crippen molar-refractivity contribution in [3.05, 3.63) is 85.1 Å². The average Bonchev–Trinajstić information content (AvgIpc) is 3.24. The van der Waals surface area contributed by atoms with Gasteiger partial charge in [0.2, 0.25) is 5.91 Å². The first-order valence-corrected chi connectivity index (χ1v) is 24.8. The number of amides is 1. The van der Waals surface area contributed by atoms with Crippen molar-refractivity contribution in [3.63, 3.8) is 0 Å². The Hall–Kier alpha value is -2.96. The van der Waals surface area contributed by atoms with Gasteiger partial charge in [-0.15, -0.1) is 0 Å². The molecule has 6 heteroatoms. The first-order chi connectivity index (χ1) is 29.5. The van der Waals surface area contributed by atoms with Gasteiger partial charge in [0.15, 0.2) is 0 Å². The Kier molecular flexibility index (Phi) is 44.8. The minimum atomic E-state index is -0.809. The quantitative estimate of drug-likeness (QED) is 0.0246. The minimum Gasteiger partial charge on any atom is -0.462 e. The third kappa shape index (κ3) is 41.8. The predicted molar refractivity (Wildman–Crippen MR) is 259 cm³/mol. The summed E-state index contributed by atoms with van der Waals surface area (Å²) in [6, 6.07) is -0.727. The van der Waals surface area contributed by atoms with E-state index in [9.17, 15) is 19.8 Å². The molecule has 3 unspecified atom stereocenters. The Balaban J connectivity index is 4.78. The highest BCUT2D eigenvalue weighted by Gasteiger charge is 2.24. The molecule has 0 fully saturated rings. The third-order valence-corrected chi connectivity index (χ3v) is 10.7. The molecule has 0 bridgehead atoms. The molecule has 0 aromatic carbocycles. The first-order valence-electron chi connectivity index (χ1n) is 24.8. The van der Waals surface area contributed by atoms with Gasteiger partial charge in [-0.05, 0) is 83.5 Å². The molecule has 0 aliphatic rings. The number of hydrogen-bond donors (Lipinski definition) is 3. The van der Waals surface area contributed by atoms with Crippen LogP contribution in [0.3, 0.4) is 0 Å². The molecular formula is C54H93NO5. The van der Waals surface area contributed by atoms with Crippen molar-refractivity contribution < 1.29 is 24.5 Å². The summed E-state index contributed by atoms with van der Waals surface area (Å²) in [6.07, 6.45) is 60.8. The summed E-state index contributed by atoms with van der Waals surface area (Å²) in [4.78, 5) is 26.0. The number of rotatable bonds is 43. The maximum atomic E-state index is 13.2. The van der Waals surface area contributed by atoms with Gasteiger partial charge >= 0.3 is 5.97 Å². The van der Waals surface area contributed by atoms with Gasteiger partial charge in [0.25, 0.3) is 0 Å². The molecule has 0 aromatic heterocycles. The van der Waals surface area contributed by atoms with Crippen LogP contribution in [0, 0.1) is 0 Å². The molecule has 3 atom stereocenters. The highest BCUT2D eigenvalue weighted by atomic mass is 16.5. The largest absolute Gasteiger partial charge is 0.462 e. The van der Waals surface area contributed by atoms with E-state index in [-0.39, 0.29) is 31.3 Å². The van der Waals surface area contributed by atoms with Crippen molar-refractivity contribution in [2.75, 3.05) is 6.61 Å². The Labute approximate surface area is 370 Å². The molecule has 0 aromatic rings. The summed E-state index contributed by atoms with van der Waals surface area (Å²) in [5.41, 5.74) is 0. The minimum absolute atomic E-state index is 0.0259. The van der Waals surface area contributed by atoms with E-state index in [4.69, 9.17) is 4.74 Å². The maximum absolute atomic E-state index is 13.2. The molecule has 0 saturated heterocycles. The van der Waals surface area contributed by atoms with E-state index in [1.54, 1.807) is 0 Å². The highest BCUT2D eigenvalue weighted by Crippen LogP contribution is 2.16. The molecule has 0 spiro atoms. The fraction of sp³-hybridized carbons (Fsp3) is 0.704. The lowest BCUT2D eigenvalue weighted by Gasteiger charge is -2.24. The summed E-state index contributed by atoms with van der Waals surface area (Å²) in [5.74, 6) is -0.606. The number of nitrogens with one attached hydrogen (secondary N) is 1. The number of aliphatic hydroxyl groups is 2. The van der Waals surface area contributed by atoms with Crippen LogP contribution in [0.15, 0.2) is 85.1 Å². The van der Waals surface area contributed by atoms with Crippen LogP contribution in [-0.4, -0.2) is 46.9 Å². The van der Waals surface area contributed by atoms with E-state index in [0.29, 0.717) is 19.3 Å². The molecule has 1 amide bonds. The number of ether oxygens (including phenoxy) is 1. The lowest BCUT2D eigenvalue weighted by molar-refractivity contribution is -0.150. The predicted octanol–water partition coefficient (Wildman–Crippen LogP) is 14.8. The number of unbranched alkanes of at least 4 members (excludes halogenated alkanes) is 18. The Bertz CT molecular complexity index is 1160. The molecule has 0 radical (unpaired) electrons. The fourth-order valence-corrected chi connectivity index (χ4v) is 7.00. The zero-order valence-electron chi connectivity index (χ0n) is 39.1. The summed E-state index contributed by atoms with van der Waals surface area (Å²) in [5, 5.41) is 23.6. The summed E-state index contributed by atoms with van der Waals surface area (Å²) < 4.78 is 5.87. The molecule has 0 saturated carbocycles. The molecule has 0 aliphatic heterocycles. The van der Waals surface area contributed by atoms with Crippen LogP contribution in [0.5, 0.6) is 0 Å². The molecule has 0 rings (SSSR count). The van der Waals surface area contributed by atoms with Crippen molar-refractivity contribution >= 4 is 11.9 Å². The van der Waals surface area contributed by atoms with E-state index >= 15 is 0 Å². The number of carbonyl (C=O) groups excluding carboxylic acids is 2. The first kappa shape index (κ1) is 57.0. The van der Waals surface area contributed by atoms with Crippen LogP contribution in [0.2, 0.25) is 0 Å². The summed E-state index contributed by atoms with van der Waals surface area (Å²) in [7, 11) is 0. The number of aliphatic hydroxyl groups excluding tert-OH is 2. The Morgan fingerprint density at radius 3 is 1.45 bits per heavy atom. The molecular weight excluding hydrogens is 743 g/mol. The van der Waals surface area contributed by atoms with Crippen LogP contribution in [-0.2, 0) is 14.3 Å². The van der Waals surface area contributed by atoms with E-state index in [1.807, 2.05) is 6.08 Å². The number of esters is 1. The van der Waals surface area contributed by atoms with Crippen LogP contribution in [0.25, 0.3) is 0 Å². The summed E-state index contributed by atoms with van der Waals surface area (Å²) >= 11 is 0. The molecule has 3 N–H and O–H groups in total. The molecule has 0 aliphatic carbocycles. The maximum Gasteiger partial charge on any atom is 0.306 e. The van der Waals surface area contributed by atoms with Crippen LogP contribution < -0.4 is 5.32 Å². The molecule has 0 heterocycles. The van der Waals surface area contributed by atoms with Crippen molar-refractivity contribution in [2.24, 2.45) is 0 Å². The van der Waals surface area contributed by atoms with E-state index < -0.39 is 18.2 Å². The zero-order chi connectivity index (χ0) is 43.8. The van der Waals surface area contributed by atoms with Crippen LogP contribution in [0.4, 0.5) is 0 Å². The molecule has 6 nitrogen and oxygen atoms in total. The monoisotopic (exact) mass is 836 g/mol. The van der Waals surface area contributed by atoms with Crippen LogP contribution >= 0.6 is 0 Å². The van der Waals surface area contributed by atoms with Gasteiger partial charge in [-0.3, -0.25) is 9.59 Å². The van der Waals surface area contributed by atoms with Crippen LogP contribution in [0.1, 0.15) is 220 Å². The van der Waals surface area contributed by atoms with Gasteiger partial charge < -0.3 is 20.3 Å². The third-order valence-electron chi connectivity index (χ3n) is 10.7. The van der Waals surface area contributed by atoms with Crippen molar-refractivity contribution in [2.45, 2.75) is 238 Å². The van der Waals surface area contributed by atoms with Crippen molar-refractivity contribution in [1.29, 1.82) is 0 Å². The number of allylic oxidation sites excluding steroid dienone is 14. The lowest BCUT2D eigenvalue weighted by atomic mass is 10.0. The fourth-order valence-electron chi connectivity index (χ4n) is 7.00. The number of hydrogen-bond acceptors (Lipinski definition) is 5. The molecule has 60 heavy (non-hydrogen) atoms. The van der Waals surface area contributed by atoms with Gasteiger partial charge in [0.1, 0.15) is 6.10 Å². The Morgan fingerprint density at radius 2 is 0.950 bits per heavy atom. The Morgan fingerprint density at radius 1 is 0.517 bits per heavy atom. The normalized spacial score (nSPS) is 14.0. The van der Waals surface area contributed by atoms with E-state index in [1.165, 1.54) is 83.5 Å². The smallest absolute Gasteiger partial charge is 0.306 e. The van der Waals surface area contributed by atoms with Gasteiger partial charge in [-0.1, -0.05) is 209 Å². The topological polar surface area (TPSA) is 95.9 Å². The van der Waals surface area contributed by atoms with Gasteiger partial charge in [0, 0.05) is 6.42 Å². The van der Waals surface area contributed by atoms with Crippen molar-refractivity contribution in [1.82, 2.24) is 5.32 Å². The van der Waals surface area contributed by atoms with E-state index in [2.05, 4.69) is 105 Å². The second kappa shape index (κ2) is 47.1. The van der Waals surface area contributed by atoms with E-state index in [0.717, 1.165) is 83.5 Å². The highest BCUT2D eigenvalue weighted by molar-refractivity contribution is 5.77.